The summed E-state index contributed by atoms with van der Waals surface area (Å²) in [5.41, 5.74) is 5.65. The van der Waals surface area contributed by atoms with Crippen molar-refractivity contribution in [2.24, 2.45) is 5.73 Å². The van der Waals surface area contributed by atoms with Crippen LogP contribution in [0.5, 0.6) is 5.19 Å². The average molecular weight is 265 g/mol. The number of hydrogen-bond acceptors (Lipinski definition) is 4. The molecule has 74 valence electrons. The molecule has 0 saturated heterocycles. The molecule has 0 radical (unpaired) electrons. The second kappa shape index (κ2) is 4.39. The van der Waals surface area contributed by atoms with Crippen molar-refractivity contribution in [1.29, 1.82) is 0 Å². The summed E-state index contributed by atoms with van der Waals surface area (Å²) in [4.78, 5) is 4.11. The van der Waals surface area contributed by atoms with Gasteiger partial charge < -0.3 is 10.5 Å². The molecule has 3 nitrogen and oxygen atoms in total. The zero-order valence-electron chi connectivity index (χ0n) is 7.71. The van der Waals surface area contributed by atoms with Crippen molar-refractivity contribution in [2.45, 2.75) is 25.8 Å². The van der Waals surface area contributed by atoms with E-state index in [0.717, 1.165) is 11.0 Å². The van der Waals surface area contributed by atoms with E-state index in [4.69, 9.17) is 10.5 Å². The summed E-state index contributed by atoms with van der Waals surface area (Å²) in [5, 5.41) is 2.55. The Balaban J connectivity index is 2.43. The number of aromatic nitrogens is 1. The lowest BCUT2D eigenvalue weighted by Gasteiger charge is -2.21. The molecule has 0 aliphatic rings. The quantitative estimate of drug-likeness (QED) is 0.909. The molecule has 1 atom stereocenters. The summed E-state index contributed by atoms with van der Waals surface area (Å²) >= 11 is 4.72. The molecule has 1 rings (SSSR count). The zero-order chi connectivity index (χ0) is 9.90. The van der Waals surface area contributed by atoms with Crippen LogP contribution in [-0.2, 0) is 0 Å². The maximum atomic E-state index is 5.91. The number of ether oxygens (including phenoxy) is 1. The lowest BCUT2D eigenvalue weighted by molar-refractivity contribution is 0.225. The second-order valence-electron chi connectivity index (χ2n) is 3.23. The molecule has 1 heterocycles. The van der Waals surface area contributed by atoms with E-state index in [-0.39, 0.29) is 5.54 Å². The summed E-state index contributed by atoms with van der Waals surface area (Å²) < 4.78 is 6.24. The van der Waals surface area contributed by atoms with Crippen molar-refractivity contribution in [3.63, 3.8) is 0 Å². The van der Waals surface area contributed by atoms with Gasteiger partial charge in [-0.1, -0.05) is 18.3 Å². The molecule has 0 amide bonds. The van der Waals surface area contributed by atoms with Crippen LogP contribution in [0.1, 0.15) is 20.3 Å². The van der Waals surface area contributed by atoms with E-state index in [2.05, 4.69) is 20.9 Å². The van der Waals surface area contributed by atoms with Crippen LogP contribution in [0.25, 0.3) is 0 Å². The van der Waals surface area contributed by atoms with E-state index < -0.39 is 0 Å². The van der Waals surface area contributed by atoms with Crippen LogP contribution < -0.4 is 10.5 Å². The van der Waals surface area contributed by atoms with Gasteiger partial charge in [-0.3, -0.25) is 0 Å². The molecule has 0 aliphatic heterocycles. The lowest BCUT2D eigenvalue weighted by Crippen LogP contribution is -2.41. The number of rotatable bonds is 4. The first-order valence-electron chi connectivity index (χ1n) is 4.06. The second-order valence-corrected chi connectivity index (χ2v) is 4.87. The van der Waals surface area contributed by atoms with Crippen LogP contribution in [0.3, 0.4) is 0 Å². The molecule has 1 aromatic heterocycles. The van der Waals surface area contributed by atoms with E-state index in [0.29, 0.717) is 11.8 Å². The largest absolute Gasteiger partial charge is 0.468 e. The molecule has 13 heavy (non-hydrogen) atoms. The summed E-state index contributed by atoms with van der Waals surface area (Å²) in [7, 11) is 0. The van der Waals surface area contributed by atoms with Crippen LogP contribution in [0.2, 0.25) is 0 Å². The Bertz CT molecular complexity index is 275. The van der Waals surface area contributed by atoms with Crippen LogP contribution in [0.15, 0.2) is 9.98 Å². The minimum atomic E-state index is -0.266. The maximum absolute atomic E-state index is 5.91. The van der Waals surface area contributed by atoms with E-state index in [1.807, 2.05) is 19.2 Å². The SMILES string of the molecule is CCC(C)(N)COc1nc(Br)cs1. The Morgan fingerprint density at radius 3 is 2.92 bits per heavy atom. The minimum Gasteiger partial charge on any atom is -0.468 e. The zero-order valence-corrected chi connectivity index (χ0v) is 10.1. The Morgan fingerprint density at radius 2 is 2.46 bits per heavy atom. The van der Waals surface area contributed by atoms with Crippen molar-refractivity contribution >= 4 is 27.3 Å². The van der Waals surface area contributed by atoms with Gasteiger partial charge in [0.1, 0.15) is 11.2 Å². The van der Waals surface area contributed by atoms with Crippen molar-refractivity contribution in [2.75, 3.05) is 6.61 Å². The van der Waals surface area contributed by atoms with Gasteiger partial charge in [0.2, 0.25) is 0 Å². The Kier molecular flexibility index (Phi) is 3.70. The molecule has 0 bridgehead atoms. The first-order valence-corrected chi connectivity index (χ1v) is 5.73. The van der Waals surface area contributed by atoms with Crippen molar-refractivity contribution < 1.29 is 4.74 Å². The van der Waals surface area contributed by atoms with Crippen LogP contribution in [0.4, 0.5) is 0 Å². The molecule has 0 spiro atoms. The van der Waals surface area contributed by atoms with Gasteiger partial charge in [-0.15, -0.1) is 0 Å². The predicted molar refractivity (Wildman–Crippen MR) is 58.2 cm³/mol. The molecule has 0 saturated carbocycles. The molecule has 0 aromatic carbocycles. The van der Waals surface area contributed by atoms with Gasteiger partial charge in [0.25, 0.3) is 5.19 Å². The summed E-state index contributed by atoms with van der Waals surface area (Å²) in [6, 6.07) is 0. The fraction of sp³-hybridized carbons (Fsp3) is 0.625. The molecule has 5 heteroatoms. The highest BCUT2D eigenvalue weighted by molar-refractivity contribution is 9.10. The van der Waals surface area contributed by atoms with Crippen LogP contribution in [0, 0.1) is 0 Å². The Labute approximate surface area is 90.4 Å². The van der Waals surface area contributed by atoms with Crippen LogP contribution >= 0.6 is 27.3 Å². The predicted octanol–water partition coefficient (Wildman–Crippen LogP) is 2.41. The van der Waals surface area contributed by atoms with Gasteiger partial charge in [-0.2, -0.15) is 4.98 Å². The molecule has 0 aliphatic carbocycles. The molecule has 0 fully saturated rings. The molecular weight excluding hydrogens is 252 g/mol. The van der Waals surface area contributed by atoms with Gasteiger partial charge in [-0.05, 0) is 29.3 Å². The summed E-state index contributed by atoms with van der Waals surface area (Å²) in [6.45, 7) is 4.51. The summed E-state index contributed by atoms with van der Waals surface area (Å²) in [5.74, 6) is 0. The Morgan fingerprint density at radius 1 is 1.77 bits per heavy atom. The monoisotopic (exact) mass is 264 g/mol. The maximum Gasteiger partial charge on any atom is 0.274 e. The lowest BCUT2D eigenvalue weighted by atomic mass is 10.0. The van der Waals surface area contributed by atoms with Crippen molar-refractivity contribution in [3.05, 3.63) is 9.98 Å². The summed E-state index contributed by atoms with van der Waals surface area (Å²) in [6.07, 6.45) is 0.888. The molecule has 1 aromatic rings. The van der Waals surface area contributed by atoms with Gasteiger partial charge in [0, 0.05) is 10.9 Å². The third-order valence-electron chi connectivity index (χ3n) is 1.79. The smallest absolute Gasteiger partial charge is 0.274 e. The number of halogens is 1. The third kappa shape index (κ3) is 3.62. The first kappa shape index (κ1) is 10.9. The highest BCUT2D eigenvalue weighted by atomic mass is 79.9. The normalized spacial score (nSPS) is 15.4. The number of hydrogen-bond donors (Lipinski definition) is 1. The number of thiazole rings is 1. The highest BCUT2D eigenvalue weighted by Gasteiger charge is 2.17. The fourth-order valence-corrected chi connectivity index (χ4v) is 1.72. The van der Waals surface area contributed by atoms with Gasteiger partial charge >= 0.3 is 0 Å². The van der Waals surface area contributed by atoms with Gasteiger partial charge in [0.15, 0.2) is 0 Å². The first-order chi connectivity index (χ1) is 6.03. The van der Waals surface area contributed by atoms with E-state index in [9.17, 15) is 0 Å². The van der Waals surface area contributed by atoms with Gasteiger partial charge in [0.05, 0.1) is 0 Å². The molecule has 1 unspecified atom stereocenters. The van der Waals surface area contributed by atoms with Crippen molar-refractivity contribution in [3.8, 4) is 5.19 Å². The van der Waals surface area contributed by atoms with E-state index in [1.165, 1.54) is 11.3 Å². The average Bonchev–Trinajstić information content (AvgIpc) is 2.48. The minimum absolute atomic E-state index is 0.266. The van der Waals surface area contributed by atoms with Crippen LogP contribution in [-0.4, -0.2) is 17.1 Å². The third-order valence-corrected chi connectivity index (χ3v) is 3.25. The van der Waals surface area contributed by atoms with E-state index in [1.54, 1.807) is 0 Å². The highest BCUT2D eigenvalue weighted by Crippen LogP contribution is 2.22. The molecule has 2 N–H and O–H groups in total. The number of nitrogens with zero attached hydrogens (tertiary/aromatic N) is 1. The van der Waals surface area contributed by atoms with Crippen molar-refractivity contribution in [1.82, 2.24) is 4.98 Å². The number of nitrogens with two attached hydrogens (primary N) is 1. The standard InChI is InChI=1S/C8H13BrN2OS/c1-3-8(2,10)5-12-7-11-6(9)4-13-7/h4H,3,5,10H2,1-2H3. The topological polar surface area (TPSA) is 48.1 Å². The van der Waals surface area contributed by atoms with Gasteiger partial charge in [-0.25, -0.2) is 0 Å². The molecular formula is C8H13BrN2OS. The Hall–Kier alpha value is -0.130. The van der Waals surface area contributed by atoms with E-state index >= 15 is 0 Å². The fourth-order valence-electron chi connectivity index (χ4n) is 0.634.